The second kappa shape index (κ2) is 6.40. The third kappa shape index (κ3) is 2.96. The number of halogens is 1. The predicted octanol–water partition coefficient (Wildman–Crippen LogP) is 2.93. The monoisotopic (exact) mass is 342 g/mol. The number of amides is 1. The fourth-order valence-electron chi connectivity index (χ4n) is 3.29. The molecule has 0 unspecified atom stereocenters. The van der Waals surface area contributed by atoms with Crippen LogP contribution in [-0.4, -0.2) is 40.4 Å². The van der Waals surface area contributed by atoms with Crippen molar-refractivity contribution in [3.05, 3.63) is 52.3 Å². The van der Waals surface area contributed by atoms with Gasteiger partial charge in [-0.15, -0.1) is 0 Å². The van der Waals surface area contributed by atoms with Crippen LogP contribution in [0.2, 0.25) is 5.02 Å². The minimum absolute atomic E-state index is 0.0342. The summed E-state index contributed by atoms with van der Waals surface area (Å²) >= 11 is 5.91. The molecular weight excluding hydrogens is 324 g/mol. The van der Waals surface area contributed by atoms with E-state index in [4.69, 9.17) is 11.6 Å². The number of carbonyl (C=O) groups excluding carboxylic acids is 1. The van der Waals surface area contributed by atoms with E-state index in [1.54, 1.807) is 6.20 Å². The van der Waals surface area contributed by atoms with Gasteiger partial charge in [0.2, 0.25) is 5.95 Å². The van der Waals surface area contributed by atoms with Crippen LogP contribution in [-0.2, 0) is 13.0 Å². The van der Waals surface area contributed by atoms with Crippen molar-refractivity contribution >= 4 is 23.5 Å². The van der Waals surface area contributed by atoms with Crippen LogP contribution >= 0.6 is 11.6 Å². The first-order chi connectivity index (χ1) is 11.7. The largest absolute Gasteiger partial charge is 0.341 e. The van der Waals surface area contributed by atoms with Gasteiger partial charge in [0.1, 0.15) is 0 Å². The summed E-state index contributed by atoms with van der Waals surface area (Å²) in [4.78, 5) is 25.6. The van der Waals surface area contributed by atoms with Gasteiger partial charge in [-0.25, -0.2) is 9.97 Å². The van der Waals surface area contributed by atoms with Crippen LogP contribution in [0, 0.1) is 0 Å². The summed E-state index contributed by atoms with van der Waals surface area (Å²) in [6.07, 6.45) is 4.88. The van der Waals surface area contributed by atoms with E-state index < -0.39 is 0 Å². The number of benzene rings is 1. The highest BCUT2D eigenvalue weighted by Gasteiger charge is 2.30. The molecule has 4 rings (SSSR count). The Morgan fingerprint density at radius 3 is 2.62 bits per heavy atom. The number of hydrogen-bond donors (Lipinski definition) is 0. The van der Waals surface area contributed by atoms with Crippen molar-refractivity contribution in [3.8, 4) is 0 Å². The van der Waals surface area contributed by atoms with E-state index >= 15 is 0 Å². The Hall–Kier alpha value is -2.14. The molecular formula is C18H19ClN4O. The van der Waals surface area contributed by atoms with Gasteiger partial charge in [-0.3, -0.25) is 4.79 Å². The minimum Gasteiger partial charge on any atom is -0.341 e. The Balaban J connectivity index is 1.45. The molecule has 124 valence electrons. The molecule has 1 fully saturated rings. The maximum absolute atomic E-state index is 12.5. The van der Waals surface area contributed by atoms with Crippen LogP contribution in [0.3, 0.4) is 0 Å². The fraction of sp³-hybridized carbons (Fsp3) is 0.389. The number of carbonyl (C=O) groups is 1. The SMILES string of the molecule is O=C1c2cnc(N3CCCC3)nc2CN1CCc1ccc(Cl)cc1. The van der Waals surface area contributed by atoms with E-state index in [0.29, 0.717) is 18.7 Å². The lowest BCUT2D eigenvalue weighted by Crippen LogP contribution is -2.26. The molecule has 3 heterocycles. The predicted molar refractivity (Wildman–Crippen MR) is 93.4 cm³/mol. The second-order valence-corrected chi connectivity index (χ2v) is 6.76. The summed E-state index contributed by atoms with van der Waals surface area (Å²) in [5.41, 5.74) is 2.68. The van der Waals surface area contributed by atoms with Gasteiger partial charge in [-0.2, -0.15) is 0 Å². The van der Waals surface area contributed by atoms with E-state index in [1.165, 1.54) is 18.4 Å². The second-order valence-electron chi connectivity index (χ2n) is 6.33. The fourth-order valence-corrected chi connectivity index (χ4v) is 3.42. The number of fused-ring (bicyclic) bond motifs is 1. The van der Waals surface area contributed by atoms with Crippen molar-refractivity contribution in [2.75, 3.05) is 24.5 Å². The smallest absolute Gasteiger partial charge is 0.257 e. The van der Waals surface area contributed by atoms with Gasteiger partial charge in [0.05, 0.1) is 17.8 Å². The lowest BCUT2D eigenvalue weighted by Gasteiger charge is -2.15. The van der Waals surface area contributed by atoms with Crippen LogP contribution in [0.4, 0.5) is 5.95 Å². The Bertz CT molecular complexity index is 756. The lowest BCUT2D eigenvalue weighted by atomic mass is 10.1. The molecule has 1 aromatic carbocycles. The van der Waals surface area contributed by atoms with Gasteiger partial charge in [0, 0.05) is 30.9 Å². The van der Waals surface area contributed by atoms with E-state index in [9.17, 15) is 4.79 Å². The number of nitrogens with zero attached hydrogens (tertiary/aromatic N) is 4. The van der Waals surface area contributed by atoms with Crippen molar-refractivity contribution in [1.82, 2.24) is 14.9 Å². The number of aromatic nitrogens is 2. The van der Waals surface area contributed by atoms with E-state index in [-0.39, 0.29) is 5.91 Å². The van der Waals surface area contributed by atoms with Crippen LogP contribution in [0.5, 0.6) is 0 Å². The quantitative estimate of drug-likeness (QED) is 0.857. The van der Waals surface area contributed by atoms with Gasteiger partial charge in [-0.1, -0.05) is 23.7 Å². The average molecular weight is 343 g/mol. The Kier molecular flexibility index (Phi) is 4.10. The van der Waals surface area contributed by atoms with Crippen LogP contribution in [0.1, 0.15) is 34.5 Å². The first-order valence-corrected chi connectivity index (χ1v) is 8.73. The van der Waals surface area contributed by atoms with Gasteiger partial charge < -0.3 is 9.80 Å². The summed E-state index contributed by atoms with van der Waals surface area (Å²) in [5, 5.41) is 0.730. The molecule has 0 atom stereocenters. The first-order valence-electron chi connectivity index (χ1n) is 8.35. The third-order valence-electron chi connectivity index (χ3n) is 4.69. The number of anilines is 1. The van der Waals surface area contributed by atoms with Gasteiger partial charge in [0.15, 0.2) is 0 Å². The zero-order valence-electron chi connectivity index (χ0n) is 13.4. The topological polar surface area (TPSA) is 49.3 Å². The standard InChI is InChI=1S/C18H19ClN4O/c19-14-5-3-13(4-6-14)7-10-23-12-16-15(17(23)24)11-20-18(21-16)22-8-1-2-9-22/h3-6,11H,1-2,7-10,12H2. The number of hydrogen-bond acceptors (Lipinski definition) is 4. The first kappa shape index (κ1) is 15.4. The highest BCUT2D eigenvalue weighted by molar-refractivity contribution is 6.30. The van der Waals surface area contributed by atoms with Gasteiger partial charge >= 0.3 is 0 Å². The molecule has 0 N–H and O–H groups in total. The molecule has 1 amide bonds. The highest BCUT2D eigenvalue weighted by Crippen LogP contribution is 2.24. The third-order valence-corrected chi connectivity index (χ3v) is 4.94. The van der Waals surface area contributed by atoms with Gasteiger partial charge in [-0.05, 0) is 37.0 Å². The molecule has 2 aliphatic heterocycles. The molecule has 0 radical (unpaired) electrons. The molecule has 1 saturated heterocycles. The molecule has 2 aromatic rings. The zero-order valence-corrected chi connectivity index (χ0v) is 14.2. The summed E-state index contributed by atoms with van der Waals surface area (Å²) in [6, 6.07) is 7.76. The Labute approximate surface area is 146 Å². The van der Waals surface area contributed by atoms with Crippen molar-refractivity contribution in [2.24, 2.45) is 0 Å². The molecule has 0 saturated carbocycles. The zero-order chi connectivity index (χ0) is 16.5. The van der Waals surface area contributed by atoms with Crippen LogP contribution in [0.15, 0.2) is 30.5 Å². The molecule has 2 aliphatic rings. The highest BCUT2D eigenvalue weighted by atomic mass is 35.5. The molecule has 1 aromatic heterocycles. The lowest BCUT2D eigenvalue weighted by molar-refractivity contribution is 0.0780. The Morgan fingerprint density at radius 1 is 1.12 bits per heavy atom. The van der Waals surface area contributed by atoms with Crippen molar-refractivity contribution in [2.45, 2.75) is 25.8 Å². The van der Waals surface area contributed by atoms with Crippen molar-refractivity contribution in [1.29, 1.82) is 0 Å². The summed E-state index contributed by atoms with van der Waals surface area (Å²) < 4.78 is 0. The van der Waals surface area contributed by atoms with Crippen LogP contribution < -0.4 is 4.90 Å². The molecule has 0 bridgehead atoms. The molecule has 0 spiro atoms. The van der Waals surface area contributed by atoms with Crippen molar-refractivity contribution in [3.63, 3.8) is 0 Å². The van der Waals surface area contributed by atoms with Crippen LogP contribution in [0.25, 0.3) is 0 Å². The summed E-state index contributed by atoms with van der Waals surface area (Å²) in [7, 11) is 0. The summed E-state index contributed by atoms with van der Waals surface area (Å²) in [5.74, 6) is 0.797. The maximum Gasteiger partial charge on any atom is 0.257 e. The summed E-state index contributed by atoms with van der Waals surface area (Å²) in [6.45, 7) is 3.26. The van der Waals surface area contributed by atoms with Crippen molar-refractivity contribution < 1.29 is 4.79 Å². The minimum atomic E-state index is 0.0342. The molecule has 6 heteroatoms. The van der Waals surface area contributed by atoms with E-state index in [2.05, 4.69) is 14.9 Å². The van der Waals surface area contributed by atoms with Gasteiger partial charge in [0.25, 0.3) is 5.91 Å². The van der Waals surface area contributed by atoms with E-state index in [0.717, 1.165) is 36.2 Å². The molecule has 0 aliphatic carbocycles. The number of rotatable bonds is 4. The maximum atomic E-state index is 12.5. The van der Waals surface area contributed by atoms with E-state index in [1.807, 2.05) is 29.2 Å². The molecule has 24 heavy (non-hydrogen) atoms. The average Bonchev–Trinajstić information content (AvgIpc) is 3.23. The molecule has 5 nitrogen and oxygen atoms in total. The Morgan fingerprint density at radius 2 is 1.88 bits per heavy atom. The normalized spacial score (nSPS) is 16.8.